The molecule has 0 amide bonds. The quantitative estimate of drug-likeness (QED) is 0.757. The molecule has 84 valence electrons. The molecule has 0 aromatic heterocycles. The molecular formula is C15H19N. The zero-order chi connectivity index (χ0) is 12.1. The lowest BCUT2D eigenvalue weighted by Gasteiger charge is -2.06. The smallest absolute Gasteiger partial charge is 0.0330 e. The Morgan fingerprint density at radius 3 is 2.19 bits per heavy atom. The van der Waals surface area contributed by atoms with Gasteiger partial charge >= 0.3 is 0 Å². The van der Waals surface area contributed by atoms with Gasteiger partial charge in [-0.15, -0.1) is 0 Å². The van der Waals surface area contributed by atoms with E-state index in [1.165, 1.54) is 0 Å². The number of benzene rings is 1. The molecule has 0 fully saturated rings. The van der Waals surface area contributed by atoms with E-state index in [-0.39, 0.29) is 0 Å². The highest BCUT2D eigenvalue weighted by atomic mass is 14.6. The van der Waals surface area contributed by atoms with Crippen molar-refractivity contribution in [1.29, 1.82) is 0 Å². The third-order valence-corrected chi connectivity index (χ3v) is 2.50. The number of allylic oxidation sites excluding steroid dienone is 4. The largest absolute Gasteiger partial charge is 0.399 e. The highest BCUT2D eigenvalue weighted by molar-refractivity contribution is 5.73. The third kappa shape index (κ3) is 3.13. The van der Waals surface area contributed by atoms with Crippen molar-refractivity contribution >= 4 is 5.57 Å². The van der Waals surface area contributed by atoms with Crippen LogP contribution >= 0.6 is 0 Å². The molecule has 2 N–H and O–H groups in total. The lowest BCUT2D eigenvalue weighted by atomic mass is 10.0. The Kier molecular flexibility index (Phi) is 4.12. The molecule has 0 heterocycles. The molecule has 1 nitrogen and oxygen atoms in total. The van der Waals surface area contributed by atoms with E-state index >= 15 is 0 Å². The van der Waals surface area contributed by atoms with Gasteiger partial charge in [0.05, 0.1) is 0 Å². The Morgan fingerprint density at radius 2 is 1.69 bits per heavy atom. The fourth-order valence-electron chi connectivity index (χ4n) is 1.47. The van der Waals surface area contributed by atoms with Crippen LogP contribution in [-0.2, 0) is 0 Å². The van der Waals surface area contributed by atoms with Crippen LogP contribution in [0.3, 0.4) is 0 Å². The molecule has 0 spiro atoms. The van der Waals surface area contributed by atoms with Crippen molar-refractivity contribution in [2.75, 3.05) is 0 Å². The second-order valence-electron chi connectivity index (χ2n) is 4.13. The molecule has 0 aliphatic carbocycles. The summed E-state index contributed by atoms with van der Waals surface area (Å²) in [6.07, 6.45) is 2.03. The summed E-state index contributed by atoms with van der Waals surface area (Å²) in [4.78, 5) is 0. The van der Waals surface area contributed by atoms with Crippen molar-refractivity contribution in [2.45, 2.75) is 20.8 Å². The van der Waals surface area contributed by atoms with Crippen molar-refractivity contribution in [1.82, 2.24) is 0 Å². The van der Waals surface area contributed by atoms with E-state index in [0.29, 0.717) is 0 Å². The van der Waals surface area contributed by atoms with Gasteiger partial charge < -0.3 is 5.73 Å². The van der Waals surface area contributed by atoms with Crippen LogP contribution in [0.2, 0.25) is 0 Å². The van der Waals surface area contributed by atoms with Gasteiger partial charge in [0.2, 0.25) is 0 Å². The van der Waals surface area contributed by atoms with Gasteiger partial charge in [-0.3, -0.25) is 0 Å². The van der Waals surface area contributed by atoms with Crippen molar-refractivity contribution < 1.29 is 0 Å². The number of hydrogen-bond acceptors (Lipinski definition) is 1. The van der Waals surface area contributed by atoms with Crippen LogP contribution in [0.1, 0.15) is 26.3 Å². The maximum absolute atomic E-state index is 5.96. The number of hydrogen-bond donors (Lipinski definition) is 1. The summed E-state index contributed by atoms with van der Waals surface area (Å²) in [5, 5.41) is 0. The molecule has 0 atom stereocenters. The molecule has 0 unspecified atom stereocenters. The third-order valence-electron chi connectivity index (χ3n) is 2.50. The second kappa shape index (κ2) is 5.36. The van der Waals surface area contributed by atoms with Gasteiger partial charge in [-0.05, 0) is 43.6 Å². The second-order valence-corrected chi connectivity index (χ2v) is 4.13. The average molecular weight is 213 g/mol. The van der Waals surface area contributed by atoms with Gasteiger partial charge in [0.15, 0.2) is 0 Å². The SMILES string of the molecule is C=C(/C=C(/C)C(N)=C(C)C)c1ccccc1. The summed E-state index contributed by atoms with van der Waals surface area (Å²) in [6.45, 7) is 10.1. The lowest BCUT2D eigenvalue weighted by molar-refractivity contribution is 1.19. The van der Waals surface area contributed by atoms with E-state index < -0.39 is 0 Å². The van der Waals surface area contributed by atoms with E-state index in [0.717, 1.165) is 28.0 Å². The van der Waals surface area contributed by atoms with Gasteiger partial charge in [-0.25, -0.2) is 0 Å². The van der Waals surface area contributed by atoms with Crippen molar-refractivity contribution in [2.24, 2.45) is 5.73 Å². The lowest BCUT2D eigenvalue weighted by Crippen LogP contribution is -2.01. The van der Waals surface area contributed by atoms with Gasteiger partial charge in [0.25, 0.3) is 0 Å². The van der Waals surface area contributed by atoms with Crippen LogP contribution in [-0.4, -0.2) is 0 Å². The summed E-state index contributed by atoms with van der Waals surface area (Å²) >= 11 is 0. The molecule has 1 heteroatoms. The summed E-state index contributed by atoms with van der Waals surface area (Å²) in [7, 11) is 0. The molecule has 0 radical (unpaired) electrons. The van der Waals surface area contributed by atoms with Gasteiger partial charge in [-0.2, -0.15) is 0 Å². The normalized spacial score (nSPS) is 11.1. The molecule has 0 saturated heterocycles. The molecule has 0 aliphatic rings. The topological polar surface area (TPSA) is 26.0 Å². The zero-order valence-corrected chi connectivity index (χ0v) is 10.2. The molecule has 16 heavy (non-hydrogen) atoms. The molecule has 0 saturated carbocycles. The van der Waals surface area contributed by atoms with Crippen LogP contribution in [0.4, 0.5) is 0 Å². The van der Waals surface area contributed by atoms with E-state index in [9.17, 15) is 0 Å². The number of nitrogens with two attached hydrogens (primary N) is 1. The molecule has 1 rings (SSSR count). The van der Waals surface area contributed by atoms with Crippen molar-refractivity contribution in [3.05, 3.63) is 65.4 Å². The molecule has 0 bridgehead atoms. The monoisotopic (exact) mass is 213 g/mol. The Bertz CT molecular complexity index is 432. The van der Waals surface area contributed by atoms with Gasteiger partial charge in [-0.1, -0.05) is 42.5 Å². The Balaban J connectivity index is 2.95. The maximum Gasteiger partial charge on any atom is 0.0330 e. The average Bonchev–Trinajstić information content (AvgIpc) is 2.28. The van der Waals surface area contributed by atoms with Gasteiger partial charge in [0, 0.05) is 5.70 Å². The first-order chi connectivity index (χ1) is 7.52. The molecule has 1 aromatic rings. The fraction of sp³-hybridized carbons (Fsp3) is 0.200. The summed E-state index contributed by atoms with van der Waals surface area (Å²) < 4.78 is 0. The first-order valence-electron chi connectivity index (χ1n) is 5.38. The van der Waals surface area contributed by atoms with Crippen LogP contribution in [0.5, 0.6) is 0 Å². The predicted molar refractivity (Wildman–Crippen MR) is 71.8 cm³/mol. The highest BCUT2D eigenvalue weighted by Crippen LogP contribution is 2.17. The summed E-state index contributed by atoms with van der Waals surface area (Å²) in [5.74, 6) is 0. The van der Waals surface area contributed by atoms with E-state index in [1.54, 1.807) is 0 Å². The molecule has 1 aromatic carbocycles. The van der Waals surface area contributed by atoms with Crippen LogP contribution < -0.4 is 5.73 Å². The minimum atomic E-state index is 0.845. The van der Waals surface area contributed by atoms with Crippen molar-refractivity contribution in [3.63, 3.8) is 0 Å². The molecular weight excluding hydrogens is 194 g/mol. The first kappa shape index (κ1) is 12.3. The van der Waals surface area contributed by atoms with Crippen LogP contribution in [0.15, 0.2) is 59.8 Å². The van der Waals surface area contributed by atoms with E-state index in [1.807, 2.05) is 57.2 Å². The Labute approximate surface area is 98.0 Å². The zero-order valence-electron chi connectivity index (χ0n) is 10.2. The Hall–Kier alpha value is -1.76. The van der Waals surface area contributed by atoms with E-state index in [2.05, 4.69) is 6.58 Å². The van der Waals surface area contributed by atoms with Crippen molar-refractivity contribution in [3.8, 4) is 0 Å². The molecule has 0 aliphatic heterocycles. The summed E-state index contributed by atoms with van der Waals surface area (Å²) in [5.41, 5.74) is 11.1. The first-order valence-corrected chi connectivity index (χ1v) is 5.38. The van der Waals surface area contributed by atoms with E-state index in [4.69, 9.17) is 5.73 Å². The summed E-state index contributed by atoms with van der Waals surface area (Å²) in [6, 6.07) is 10.1. The highest BCUT2D eigenvalue weighted by Gasteiger charge is 1.99. The fourth-order valence-corrected chi connectivity index (χ4v) is 1.47. The number of rotatable bonds is 3. The Morgan fingerprint density at radius 1 is 1.12 bits per heavy atom. The van der Waals surface area contributed by atoms with Crippen LogP contribution in [0, 0.1) is 0 Å². The van der Waals surface area contributed by atoms with Crippen LogP contribution in [0.25, 0.3) is 5.57 Å². The van der Waals surface area contributed by atoms with Gasteiger partial charge in [0.1, 0.15) is 0 Å². The standard InChI is InChI=1S/C15H19N/c1-11(2)15(16)13(4)10-12(3)14-8-6-5-7-9-14/h5-10H,3,16H2,1-2,4H3/b13-10-. The maximum atomic E-state index is 5.96. The minimum Gasteiger partial charge on any atom is -0.399 e. The minimum absolute atomic E-state index is 0.845. The predicted octanol–water partition coefficient (Wildman–Crippen LogP) is 3.90.